The molecule has 5 saturated carbocycles. The van der Waals surface area contributed by atoms with Gasteiger partial charge in [0.25, 0.3) is 0 Å². The second kappa shape index (κ2) is 7.07. The molecule has 1 saturated heterocycles. The number of hydrogen-bond acceptors (Lipinski definition) is 6. The highest BCUT2D eigenvalue weighted by Crippen LogP contribution is 2.83. The van der Waals surface area contributed by atoms with Crippen molar-refractivity contribution in [3.8, 4) is 0 Å². The lowest BCUT2D eigenvalue weighted by Gasteiger charge is -2.65. The zero-order chi connectivity index (χ0) is 22.8. The monoisotopic (exact) mass is 477 g/mol. The summed E-state index contributed by atoms with van der Waals surface area (Å²) < 4.78 is 12.2. The molecule has 0 radical (unpaired) electrons. The Bertz CT molecular complexity index is 951. The molecule has 0 aromatic heterocycles. The fraction of sp³-hybridized carbons (Fsp3) is 0.808. The zero-order valence-electron chi connectivity index (χ0n) is 20.1. The highest BCUT2D eigenvalue weighted by Gasteiger charge is 2.86. The van der Waals surface area contributed by atoms with Crippen LogP contribution in [-0.4, -0.2) is 54.0 Å². The summed E-state index contributed by atoms with van der Waals surface area (Å²) in [7, 11) is 0. The highest BCUT2D eigenvalue weighted by molar-refractivity contribution is 5.87. The maximum Gasteiger partial charge on any atom is 0.303 e. The number of nitrogens with zero attached hydrogens (tertiary/aromatic N) is 1. The molecular weight excluding hydrogens is 442 g/mol. The van der Waals surface area contributed by atoms with E-state index in [4.69, 9.17) is 9.47 Å². The first-order chi connectivity index (χ1) is 15.1. The van der Waals surface area contributed by atoms with Gasteiger partial charge in [0, 0.05) is 49.6 Å². The molecule has 5 aliphatic carbocycles. The van der Waals surface area contributed by atoms with Gasteiger partial charge >= 0.3 is 11.9 Å². The van der Waals surface area contributed by atoms with Crippen LogP contribution in [0.4, 0.5) is 0 Å². The Morgan fingerprint density at radius 2 is 1.88 bits per heavy atom. The molecule has 6 aliphatic rings. The molecule has 2 spiro atoms. The van der Waals surface area contributed by atoms with Gasteiger partial charge in [0.2, 0.25) is 0 Å². The molecule has 0 N–H and O–H groups in total. The van der Waals surface area contributed by atoms with Crippen LogP contribution in [0.1, 0.15) is 59.8 Å². The van der Waals surface area contributed by atoms with Crippen LogP contribution in [0.25, 0.3) is 0 Å². The standard InChI is InChI=1S/C26H35NO5.ClH/c1-6-27-12-24(5)8-7-21(31-14(3)28)26-19(24)9-17(22(26)27)25-11-16(18(30)10-20(25)26)13(2)23(25)32-15(4)29;/h16-17,19-23H,2,6-12H2,1,3-5H3;1H/t16-,17?,19+,20+,21-,22-,23+,24-,25-,26?;/m0./s1. The average molecular weight is 478 g/mol. The number of ether oxygens (including phenoxy) is 2. The normalized spacial score (nSPS) is 51.1. The Kier molecular flexibility index (Phi) is 5.00. The number of fused-ring (bicyclic) bond motifs is 1. The van der Waals surface area contributed by atoms with Crippen molar-refractivity contribution >= 4 is 30.1 Å². The number of hydrogen-bond donors (Lipinski definition) is 0. The molecule has 6 fully saturated rings. The van der Waals surface area contributed by atoms with E-state index in [0.717, 1.165) is 44.3 Å². The van der Waals surface area contributed by atoms with E-state index >= 15 is 0 Å². The van der Waals surface area contributed by atoms with Gasteiger partial charge in [-0.1, -0.05) is 20.4 Å². The first-order valence-corrected chi connectivity index (χ1v) is 12.4. The lowest BCUT2D eigenvalue weighted by atomic mass is 9.43. The zero-order valence-corrected chi connectivity index (χ0v) is 20.9. The number of carbonyl (C=O) groups excluding carboxylic acids is 3. The van der Waals surface area contributed by atoms with Gasteiger partial charge in [-0.2, -0.15) is 0 Å². The number of esters is 2. The number of piperidine rings is 1. The fourth-order valence-electron chi connectivity index (χ4n) is 10.4. The number of rotatable bonds is 3. The third-order valence-corrected chi connectivity index (χ3v) is 10.9. The molecule has 33 heavy (non-hydrogen) atoms. The van der Waals surface area contributed by atoms with E-state index in [-0.39, 0.29) is 70.4 Å². The minimum Gasteiger partial charge on any atom is -0.462 e. The van der Waals surface area contributed by atoms with Crippen molar-refractivity contribution < 1.29 is 23.9 Å². The van der Waals surface area contributed by atoms with Crippen molar-refractivity contribution in [2.24, 2.45) is 39.9 Å². The Morgan fingerprint density at radius 3 is 2.52 bits per heavy atom. The van der Waals surface area contributed by atoms with Crippen molar-refractivity contribution in [1.29, 1.82) is 0 Å². The summed E-state index contributed by atoms with van der Waals surface area (Å²) in [6, 6.07) is 0.260. The van der Waals surface area contributed by atoms with Crippen molar-refractivity contribution in [2.75, 3.05) is 13.1 Å². The van der Waals surface area contributed by atoms with Crippen LogP contribution in [0.15, 0.2) is 12.2 Å². The minimum absolute atomic E-state index is 0. The Labute approximate surface area is 202 Å². The first kappa shape index (κ1) is 23.3. The van der Waals surface area contributed by atoms with Gasteiger partial charge in [-0.3, -0.25) is 19.3 Å². The number of likely N-dealkylation sites (tertiary alicyclic amines) is 1. The minimum atomic E-state index is -0.405. The van der Waals surface area contributed by atoms with Gasteiger partial charge in [-0.25, -0.2) is 0 Å². The Balaban J connectivity index is 0.00000228. The van der Waals surface area contributed by atoms with Gasteiger partial charge in [-0.05, 0) is 61.0 Å². The Morgan fingerprint density at radius 1 is 1.18 bits per heavy atom. The van der Waals surface area contributed by atoms with E-state index in [1.165, 1.54) is 13.8 Å². The smallest absolute Gasteiger partial charge is 0.303 e. The predicted octanol–water partition coefficient (Wildman–Crippen LogP) is 3.56. The van der Waals surface area contributed by atoms with Gasteiger partial charge in [0.05, 0.1) is 0 Å². The van der Waals surface area contributed by atoms with Crippen LogP contribution >= 0.6 is 12.4 Å². The Hall–Kier alpha value is -1.40. The largest absolute Gasteiger partial charge is 0.462 e. The third kappa shape index (κ3) is 2.47. The molecule has 0 aromatic carbocycles. The van der Waals surface area contributed by atoms with E-state index in [0.29, 0.717) is 18.3 Å². The maximum atomic E-state index is 13.4. The van der Waals surface area contributed by atoms with Gasteiger partial charge < -0.3 is 9.47 Å². The molecule has 10 atom stereocenters. The maximum absolute atomic E-state index is 13.4. The molecule has 7 bridgehead atoms. The fourth-order valence-corrected chi connectivity index (χ4v) is 10.4. The average Bonchev–Trinajstić information content (AvgIpc) is 3.24. The van der Waals surface area contributed by atoms with Crippen molar-refractivity contribution in [3.05, 3.63) is 12.2 Å². The molecule has 182 valence electrons. The molecule has 7 heteroatoms. The van der Waals surface area contributed by atoms with Crippen LogP contribution in [0.2, 0.25) is 0 Å². The molecule has 6 nitrogen and oxygen atoms in total. The predicted molar refractivity (Wildman–Crippen MR) is 124 cm³/mol. The van der Waals surface area contributed by atoms with E-state index < -0.39 is 6.10 Å². The second-order valence-electron chi connectivity index (χ2n) is 11.8. The van der Waals surface area contributed by atoms with Crippen LogP contribution in [0, 0.1) is 39.9 Å². The summed E-state index contributed by atoms with van der Waals surface area (Å²) in [5.74, 6) is 0.322. The summed E-state index contributed by atoms with van der Waals surface area (Å²) in [6.45, 7) is 13.9. The third-order valence-electron chi connectivity index (χ3n) is 10.9. The van der Waals surface area contributed by atoms with Crippen LogP contribution < -0.4 is 0 Å². The number of halogens is 1. The summed E-state index contributed by atoms with van der Waals surface area (Å²) in [4.78, 5) is 40.5. The lowest BCUT2D eigenvalue weighted by Crippen LogP contribution is -2.69. The summed E-state index contributed by atoms with van der Waals surface area (Å²) >= 11 is 0. The lowest BCUT2D eigenvalue weighted by molar-refractivity contribution is -0.224. The van der Waals surface area contributed by atoms with Crippen LogP contribution in [0.5, 0.6) is 0 Å². The molecule has 0 aromatic rings. The van der Waals surface area contributed by atoms with Crippen LogP contribution in [0.3, 0.4) is 0 Å². The summed E-state index contributed by atoms with van der Waals surface area (Å²) in [5.41, 5.74) is 0.446. The van der Waals surface area contributed by atoms with E-state index in [9.17, 15) is 14.4 Å². The van der Waals surface area contributed by atoms with Crippen molar-refractivity contribution in [2.45, 2.75) is 78.0 Å². The highest BCUT2D eigenvalue weighted by atomic mass is 35.5. The number of carbonyl (C=O) groups is 3. The molecule has 6 rings (SSSR count). The van der Waals surface area contributed by atoms with Gasteiger partial charge in [0.1, 0.15) is 18.0 Å². The molecule has 1 heterocycles. The molecule has 2 unspecified atom stereocenters. The molecular formula is C26H36ClNO5. The van der Waals surface area contributed by atoms with Crippen LogP contribution in [-0.2, 0) is 23.9 Å². The number of ketones is 1. The van der Waals surface area contributed by atoms with E-state index in [1.54, 1.807) is 0 Å². The topological polar surface area (TPSA) is 72.9 Å². The van der Waals surface area contributed by atoms with E-state index in [1.807, 2.05) is 0 Å². The van der Waals surface area contributed by atoms with Crippen molar-refractivity contribution in [1.82, 2.24) is 4.90 Å². The van der Waals surface area contributed by atoms with Crippen molar-refractivity contribution in [3.63, 3.8) is 0 Å². The SMILES string of the molecule is C=C1[C@@H]2C[C@@]3(C4C[C@H]5C6([C@@H](OC(C)=O)CC[C@@]5(C)CN(CC)[C@@H]46)[C@@H]3CC2=O)[C@@H]1OC(C)=O.Cl. The van der Waals surface area contributed by atoms with E-state index in [2.05, 4.69) is 25.3 Å². The molecule has 0 amide bonds. The number of Topliss-reactive ketones (excluding diaryl/α,β-unsaturated/α-hetero) is 1. The summed E-state index contributed by atoms with van der Waals surface area (Å²) in [6.07, 6.45) is 3.62. The quantitative estimate of drug-likeness (QED) is 0.457. The first-order valence-electron chi connectivity index (χ1n) is 12.4. The second-order valence-corrected chi connectivity index (χ2v) is 11.8. The van der Waals surface area contributed by atoms with Gasteiger partial charge in [-0.15, -0.1) is 12.4 Å². The molecule has 1 aliphatic heterocycles. The summed E-state index contributed by atoms with van der Waals surface area (Å²) in [5, 5.41) is 0. The van der Waals surface area contributed by atoms with Gasteiger partial charge in [0.15, 0.2) is 0 Å².